The van der Waals surface area contributed by atoms with Gasteiger partial charge in [0.05, 0.1) is 4.92 Å². The molecule has 1 aliphatic heterocycles. The first-order valence-electron chi connectivity index (χ1n) is 7.59. The molecule has 2 aliphatic rings. The van der Waals surface area contributed by atoms with E-state index in [1.54, 1.807) is 6.92 Å². The van der Waals surface area contributed by atoms with E-state index in [0.717, 1.165) is 25.4 Å². The highest BCUT2D eigenvalue weighted by atomic mass is 16.6. The zero-order valence-electron chi connectivity index (χ0n) is 12.3. The summed E-state index contributed by atoms with van der Waals surface area (Å²) in [6.45, 7) is 3.28. The normalized spacial score (nSPS) is 25.5. The summed E-state index contributed by atoms with van der Waals surface area (Å²) in [5.74, 6) is 1.91. The quantitative estimate of drug-likeness (QED) is 0.663. The fourth-order valence-corrected chi connectivity index (χ4v) is 3.80. The molecule has 1 aromatic heterocycles. The maximum atomic E-state index is 11.3. The Labute approximate surface area is 123 Å². The van der Waals surface area contributed by atoms with Crippen LogP contribution in [0.4, 0.5) is 17.5 Å². The molecule has 7 heteroatoms. The number of hydrogen-bond donors (Lipinski definition) is 1. The largest absolute Gasteiger partial charge is 0.368 e. The molecule has 2 N–H and O–H groups in total. The molecule has 0 aromatic carbocycles. The Balaban J connectivity index is 1.91. The first-order valence-corrected chi connectivity index (χ1v) is 7.59. The van der Waals surface area contributed by atoms with E-state index >= 15 is 0 Å². The lowest BCUT2D eigenvalue weighted by atomic mass is 9.75. The number of aryl methyl sites for hydroxylation is 1. The lowest BCUT2D eigenvalue weighted by Gasteiger charge is -2.41. The number of rotatable bonds is 2. The number of nitrogens with zero attached hydrogens (tertiary/aromatic N) is 4. The van der Waals surface area contributed by atoms with E-state index in [0.29, 0.717) is 17.4 Å². The smallest absolute Gasteiger partial charge is 0.332 e. The van der Waals surface area contributed by atoms with Crippen molar-refractivity contribution in [1.82, 2.24) is 9.97 Å². The number of aromatic nitrogens is 2. The molecule has 2 atom stereocenters. The van der Waals surface area contributed by atoms with Crippen molar-refractivity contribution in [2.75, 3.05) is 23.7 Å². The molecule has 0 amide bonds. The van der Waals surface area contributed by atoms with Gasteiger partial charge in [-0.1, -0.05) is 19.3 Å². The minimum Gasteiger partial charge on any atom is -0.368 e. The third-order valence-corrected chi connectivity index (χ3v) is 4.83. The molecule has 0 radical (unpaired) electrons. The Hall–Kier alpha value is -1.92. The number of fused-ring (bicyclic) bond motifs is 1. The van der Waals surface area contributed by atoms with Gasteiger partial charge in [-0.05, 0) is 31.6 Å². The van der Waals surface area contributed by atoms with Crippen LogP contribution < -0.4 is 10.6 Å². The van der Waals surface area contributed by atoms with Gasteiger partial charge in [-0.2, -0.15) is 4.98 Å². The van der Waals surface area contributed by atoms with Gasteiger partial charge in [0.2, 0.25) is 11.8 Å². The van der Waals surface area contributed by atoms with Crippen LogP contribution in [0.5, 0.6) is 0 Å². The van der Waals surface area contributed by atoms with Gasteiger partial charge in [-0.25, -0.2) is 4.98 Å². The van der Waals surface area contributed by atoms with E-state index in [2.05, 4.69) is 9.97 Å². The molecule has 1 aromatic rings. The fourth-order valence-electron chi connectivity index (χ4n) is 3.80. The zero-order chi connectivity index (χ0) is 15.0. The van der Waals surface area contributed by atoms with E-state index in [4.69, 9.17) is 5.73 Å². The van der Waals surface area contributed by atoms with E-state index < -0.39 is 4.92 Å². The van der Waals surface area contributed by atoms with Crippen molar-refractivity contribution in [3.63, 3.8) is 0 Å². The molecular formula is C14H21N5O2. The van der Waals surface area contributed by atoms with Gasteiger partial charge in [-0.15, -0.1) is 0 Å². The Morgan fingerprint density at radius 1 is 1.24 bits per heavy atom. The number of nitrogens with two attached hydrogens (primary N) is 1. The van der Waals surface area contributed by atoms with Crippen LogP contribution in [-0.4, -0.2) is 28.0 Å². The van der Waals surface area contributed by atoms with Crippen molar-refractivity contribution in [1.29, 1.82) is 0 Å². The number of piperidine rings is 1. The Morgan fingerprint density at radius 3 is 2.67 bits per heavy atom. The van der Waals surface area contributed by atoms with Crippen LogP contribution in [0.25, 0.3) is 0 Å². The maximum Gasteiger partial charge on any atom is 0.332 e. The van der Waals surface area contributed by atoms with Gasteiger partial charge < -0.3 is 10.6 Å². The molecule has 1 aliphatic carbocycles. The number of anilines is 2. The van der Waals surface area contributed by atoms with Gasteiger partial charge in [0.1, 0.15) is 5.69 Å². The fraction of sp³-hybridized carbons (Fsp3) is 0.714. The van der Waals surface area contributed by atoms with Crippen molar-refractivity contribution < 1.29 is 4.92 Å². The summed E-state index contributed by atoms with van der Waals surface area (Å²) >= 11 is 0. The van der Waals surface area contributed by atoms with Gasteiger partial charge in [-0.3, -0.25) is 10.1 Å². The highest BCUT2D eigenvalue weighted by Crippen LogP contribution is 2.39. The van der Waals surface area contributed by atoms with Crippen molar-refractivity contribution in [2.45, 2.75) is 39.0 Å². The molecule has 114 valence electrons. The van der Waals surface area contributed by atoms with Gasteiger partial charge >= 0.3 is 5.69 Å². The molecule has 3 rings (SSSR count). The predicted octanol–water partition coefficient (Wildman–Crippen LogP) is 2.29. The van der Waals surface area contributed by atoms with Gasteiger partial charge in [0.25, 0.3) is 0 Å². The second kappa shape index (κ2) is 5.46. The summed E-state index contributed by atoms with van der Waals surface area (Å²) in [4.78, 5) is 21.1. The van der Waals surface area contributed by atoms with Gasteiger partial charge in [0.15, 0.2) is 0 Å². The summed E-state index contributed by atoms with van der Waals surface area (Å²) < 4.78 is 0. The molecule has 2 fully saturated rings. The molecular weight excluding hydrogens is 270 g/mol. The number of nitrogen functional groups attached to an aromatic ring is 1. The average Bonchev–Trinajstić information content (AvgIpc) is 2.45. The third kappa shape index (κ3) is 2.64. The molecule has 0 spiro atoms. The standard InChI is InChI=1S/C14H21N5O2/c1-9-12(19(20)21)13(17-14(15)16-9)18-7-6-10-4-2-3-5-11(10)8-18/h10-11H,2-8H2,1H3,(H2,15,16,17). The van der Waals surface area contributed by atoms with Crippen LogP contribution in [-0.2, 0) is 0 Å². The van der Waals surface area contributed by atoms with Crippen LogP contribution in [0, 0.1) is 28.9 Å². The van der Waals surface area contributed by atoms with Crippen LogP contribution in [0.15, 0.2) is 0 Å². The molecule has 21 heavy (non-hydrogen) atoms. The molecule has 2 heterocycles. The molecule has 1 saturated carbocycles. The van der Waals surface area contributed by atoms with Crippen molar-refractivity contribution in [2.24, 2.45) is 11.8 Å². The minimum absolute atomic E-state index is 0.00143. The van der Waals surface area contributed by atoms with Crippen LogP contribution >= 0.6 is 0 Å². The highest BCUT2D eigenvalue weighted by molar-refractivity contribution is 5.62. The second-order valence-corrected chi connectivity index (χ2v) is 6.14. The van der Waals surface area contributed by atoms with Crippen LogP contribution in [0.2, 0.25) is 0 Å². The average molecular weight is 291 g/mol. The lowest BCUT2D eigenvalue weighted by Crippen LogP contribution is -2.42. The van der Waals surface area contributed by atoms with E-state index in [-0.39, 0.29) is 11.6 Å². The predicted molar refractivity (Wildman–Crippen MR) is 80.1 cm³/mol. The Bertz CT molecular complexity index is 563. The number of nitro groups is 1. The third-order valence-electron chi connectivity index (χ3n) is 4.83. The summed E-state index contributed by atoms with van der Waals surface area (Å²) in [6, 6.07) is 0. The van der Waals surface area contributed by atoms with E-state index in [1.807, 2.05) is 4.90 Å². The first kappa shape index (κ1) is 14.0. The number of hydrogen-bond acceptors (Lipinski definition) is 6. The zero-order valence-corrected chi connectivity index (χ0v) is 12.3. The lowest BCUT2D eigenvalue weighted by molar-refractivity contribution is -0.385. The summed E-state index contributed by atoms with van der Waals surface area (Å²) in [5.41, 5.74) is 6.04. The minimum atomic E-state index is -0.392. The van der Waals surface area contributed by atoms with Crippen LogP contribution in [0.3, 0.4) is 0 Å². The Kier molecular flexibility index (Phi) is 3.65. The summed E-state index contributed by atoms with van der Waals surface area (Å²) in [7, 11) is 0. The molecule has 1 saturated heterocycles. The van der Waals surface area contributed by atoms with Crippen molar-refractivity contribution in [3.05, 3.63) is 15.8 Å². The molecule has 2 unspecified atom stereocenters. The second-order valence-electron chi connectivity index (χ2n) is 6.14. The SMILES string of the molecule is Cc1nc(N)nc(N2CCC3CCCCC3C2)c1[N+](=O)[O-]. The first-order chi connectivity index (χ1) is 10.1. The maximum absolute atomic E-state index is 11.3. The Morgan fingerprint density at radius 2 is 1.95 bits per heavy atom. The van der Waals surface area contributed by atoms with Crippen LogP contribution in [0.1, 0.15) is 37.8 Å². The topological polar surface area (TPSA) is 98.2 Å². The molecule has 7 nitrogen and oxygen atoms in total. The van der Waals surface area contributed by atoms with E-state index in [9.17, 15) is 10.1 Å². The van der Waals surface area contributed by atoms with E-state index in [1.165, 1.54) is 25.7 Å². The summed E-state index contributed by atoms with van der Waals surface area (Å²) in [5, 5.41) is 11.3. The van der Waals surface area contributed by atoms with Crippen molar-refractivity contribution in [3.8, 4) is 0 Å². The molecule has 0 bridgehead atoms. The summed E-state index contributed by atoms with van der Waals surface area (Å²) in [6.07, 6.45) is 6.19. The van der Waals surface area contributed by atoms with Gasteiger partial charge in [0, 0.05) is 13.1 Å². The monoisotopic (exact) mass is 291 g/mol. The van der Waals surface area contributed by atoms with Crippen molar-refractivity contribution >= 4 is 17.5 Å². The highest BCUT2D eigenvalue weighted by Gasteiger charge is 2.35.